The van der Waals surface area contributed by atoms with E-state index in [0.29, 0.717) is 16.9 Å². The summed E-state index contributed by atoms with van der Waals surface area (Å²) in [5.74, 6) is -1.33. The van der Waals surface area contributed by atoms with E-state index in [1.165, 1.54) is 12.1 Å². The summed E-state index contributed by atoms with van der Waals surface area (Å²) >= 11 is 0.990. The number of hydrogen-bond acceptors (Lipinski definition) is 9. The van der Waals surface area contributed by atoms with Crippen molar-refractivity contribution in [1.82, 2.24) is 5.16 Å². The minimum atomic E-state index is -1.35. The third kappa shape index (κ3) is 7.40. The third-order valence-corrected chi connectivity index (χ3v) is 5.45. The molecule has 2 amide bonds. The number of rotatable bonds is 10. The van der Waals surface area contributed by atoms with E-state index >= 15 is 0 Å². The Bertz CT molecular complexity index is 1230. The van der Waals surface area contributed by atoms with Crippen LogP contribution in [0.2, 0.25) is 0 Å². The number of amides is 2. The number of esters is 1. The Kier molecular flexibility index (Phi) is 8.57. The highest BCUT2D eigenvalue weighted by Crippen LogP contribution is 2.28. The number of anilines is 2. The summed E-state index contributed by atoms with van der Waals surface area (Å²) in [6.45, 7) is 3.38. The number of nitrogens with one attached hydrogen (secondary N) is 2. The summed E-state index contributed by atoms with van der Waals surface area (Å²) in [5.41, 5.74) is 0.745. The molecular weight excluding hydrogens is 476 g/mol. The first kappa shape index (κ1) is 25.4. The number of carbonyl (C=O) groups is 3. The summed E-state index contributed by atoms with van der Waals surface area (Å²) in [6.07, 6.45) is -1.35. The minimum Gasteiger partial charge on any atom is -0.447 e. The number of thioether (sulfide) groups is 1. The predicted octanol–water partition coefficient (Wildman–Crippen LogP) is 3.79. The van der Waals surface area contributed by atoms with Crippen molar-refractivity contribution in [3.8, 4) is 0 Å². The van der Waals surface area contributed by atoms with Gasteiger partial charge in [0.15, 0.2) is 5.82 Å². The molecule has 0 bridgehead atoms. The fourth-order valence-electron chi connectivity index (χ4n) is 2.99. The molecular formula is C23H22N4O7S. The number of carbonyl (C=O) groups excluding carboxylic acids is 3. The van der Waals surface area contributed by atoms with E-state index in [2.05, 4.69) is 15.8 Å². The van der Waals surface area contributed by atoms with E-state index in [0.717, 1.165) is 11.8 Å². The second-order valence-electron chi connectivity index (χ2n) is 7.41. The van der Waals surface area contributed by atoms with Crippen molar-refractivity contribution in [3.63, 3.8) is 0 Å². The van der Waals surface area contributed by atoms with Crippen molar-refractivity contribution in [2.24, 2.45) is 0 Å². The fourth-order valence-corrected chi connectivity index (χ4v) is 3.59. The molecule has 1 aromatic heterocycles. The van der Waals surface area contributed by atoms with Gasteiger partial charge in [0.25, 0.3) is 11.6 Å². The van der Waals surface area contributed by atoms with Gasteiger partial charge in [0.2, 0.25) is 12.0 Å². The molecule has 2 aromatic carbocycles. The van der Waals surface area contributed by atoms with E-state index in [1.54, 1.807) is 56.3 Å². The van der Waals surface area contributed by atoms with Gasteiger partial charge < -0.3 is 19.9 Å². The first-order chi connectivity index (χ1) is 16.7. The molecule has 1 atom stereocenters. The summed E-state index contributed by atoms with van der Waals surface area (Å²) < 4.78 is 10.3. The van der Waals surface area contributed by atoms with Gasteiger partial charge in [0, 0.05) is 17.7 Å². The summed E-state index contributed by atoms with van der Waals surface area (Å²) in [5, 5.41) is 20.1. The molecule has 11 nitrogen and oxygen atoms in total. The molecule has 1 unspecified atom stereocenters. The van der Waals surface area contributed by atoms with Crippen LogP contribution in [0.25, 0.3) is 0 Å². The highest BCUT2D eigenvalue weighted by molar-refractivity contribution is 8.00. The molecule has 3 rings (SSSR count). The van der Waals surface area contributed by atoms with Gasteiger partial charge in [-0.25, -0.2) is 0 Å². The van der Waals surface area contributed by atoms with E-state index in [1.807, 2.05) is 0 Å². The lowest BCUT2D eigenvalue weighted by atomic mass is 10.1. The average Bonchev–Trinajstić information content (AvgIpc) is 3.23. The zero-order valence-electron chi connectivity index (χ0n) is 18.8. The maximum atomic E-state index is 13.0. The molecule has 0 aliphatic carbocycles. The summed E-state index contributed by atoms with van der Waals surface area (Å²) in [6, 6.07) is 14.2. The smallest absolute Gasteiger partial charge is 0.317 e. The van der Waals surface area contributed by atoms with E-state index in [9.17, 15) is 24.5 Å². The lowest BCUT2D eigenvalue weighted by Crippen LogP contribution is -2.27. The van der Waals surface area contributed by atoms with Crippen LogP contribution < -0.4 is 10.6 Å². The number of nitrogens with zero attached hydrogens (tertiary/aromatic N) is 2. The van der Waals surface area contributed by atoms with Gasteiger partial charge in [-0.1, -0.05) is 41.6 Å². The summed E-state index contributed by atoms with van der Waals surface area (Å²) in [7, 11) is 0. The van der Waals surface area contributed by atoms with Crippen LogP contribution in [-0.2, 0) is 19.1 Å². The topological polar surface area (TPSA) is 154 Å². The molecule has 0 aliphatic heterocycles. The van der Waals surface area contributed by atoms with Crippen LogP contribution in [-0.4, -0.2) is 39.4 Å². The quantitative estimate of drug-likeness (QED) is 0.241. The zero-order valence-corrected chi connectivity index (χ0v) is 19.7. The van der Waals surface area contributed by atoms with Crippen molar-refractivity contribution < 1.29 is 28.6 Å². The van der Waals surface area contributed by atoms with Crippen LogP contribution in [0.15, 0.2) is 59.1 Å². The van der Waals surface area contributed by atoms with E-state index in [-0.39, 0.29) is 34.6 Å². The highest BCUT2D eigenvalue weighted by Gasteiger charge is 2.27. The maximum absolute atomic E-state index is 13.0. The van der Waals surface area contributed by atoms with Gasteiger partial charge in [0.1, 0.15) is 11.4 Å². The van der Waals surface area contributed by atoms with Crippen LogP contribution in [0, 0.1) is 24.0 Å². The molecule has 3 aromatic rings. The van der Waals surface area contributed by atoms with Gasteiger partial charge in [-0.3, -0.25) is 24.5 Å². The van der Waals surface area contributed by atoms with Crippen molar-refractivity contribution in [1.29, 1.82) is 0 Å². The normalized spacial score (nSPS) is 11.4. The Morgan fingerprint density at radius 1 is 1.09 bits per heavy atom. The van der Waals surface area contributed by atoms with Gasteiger partial charge in [-0.2, -0.15) is 0 Å². The van der Waals surface area contributed by atoms with Crippen molar-refractivity contribution in [2.45, 2.75) is 20.0 Å². The summed E-state index contributed by atoms with van der Waals surface area (Å²) in [4.78, 5) is 48.2. The molecule has 0 radical (unpaired) electrons. The number of nitro groups is 1. The van der Waals surface area contributed by atoms with Crippen LogP contribution in [0.5, 0.6) is 0 Å². The second kappa shape index (κ2) is 11.8. The second-order valence-corrected chi connectivity index (χ2v) is 8.40. The number of nitro benzene ring substituents is 1. The number of hydrogen-bond donors (Lipinski definition) is 2. The first-order valence-corrected chi connectivity index (χ1v) is 11.5. The lowest BCUT2D eigenvalue weighted by molar-refractivity contribution is -0.384. The standard InChI is InChI=1S/C23H22N4O7S/c1-14-8-9-17(18(10-14)27(31)32)24-23(30)22(16-6-4-3-5-7-16)33-21(29)13-35-12-20(28)25-19-11-15(2)34-26-19/h3-11,22H,12-13H2,1-2H3,(H,24,30)(H,25,26,28). The largest absolute Gasteiger partial charge is 0.447 e. The Morgan fingerprint density at radius 2 is 1.83 bits per heavy atom. The zero-order chi connectivity index (χ0) is 25.4. The third-order valence-electron chi connectivity index (χ3n) is 4.55. The van der Waals surface area contributed by atoms with Gasteiger partial charge >= 0.3 is 5.97 Å². The Morgan fingerprint density at radius 3 is 2.49 bits per heavy atom. The molecule has 182 valence electrons. The van der Waals surface area contributed by atoms with Gasteiger partial charge in [-0.05, 0) is 25.5 Å². The molecule has 0 fully saturated rings. The van der Waals surface area contributed by atoms with Crippen molar-refractivity contribution in [2.75, 3.05) is 22.1 Å². The molecule has 12 heteroatoms. The maximum Gasteiger partial charge on any atom is 0.317 e. The van der Waals surface area contributed by atoms with E-state index in [4.69, 9.17) is 9.26 Å². The predicted molar refractivity (Wildman–Crippen MR) is 129 cm³/mol. The van der Waals surface area contributed by atoms with Crippen LogP contribution in [0.4, 0.5) is 17.2 Å². The van der Waals surface area contributed by atoms with Gasteiger partial charge in [-0.15, -0.1) is 11.8 Å². The van der Waals surface area contributed by atoms with Crippen LogP contribution >= 0.6 is 11.8 Å². The Labute approximate surface area is 204 Å². The lowest BCUT2D eigenvalue weighted by Gasteiger charge is -2.18. The Balaban J connectivity index is 1.63. The molecule has 0 aliphatic rings. The molecule has 35 heavy (non-hydrogen) atoms. The number of benzene rings is 2. The average molecular weight is 499 g/mol. The van der Waals surface area contributed by atoms with Crippen LogP contribution in [0.3, 0.4) is 0 Å². The van der Waals surface area contributed by atoms with Gasteiger partial charge in [0.05, 0.1) is 16.4 Å². The van der Waals surface area contributed by atoms with E-state index < -0.39 is 22.9 Å². The highest BCUT2D eigenvalue weighted by atomic mass is 32.2. The molecule has 0 saturated carbocycles. The molecule has 2 N–H and O–H groups in total. The minimum absolute atomic E-state index is 0.0169. The van der Waals surface area contributed by atoms with Crippen molar-refractivity contribution >= 4 is 46.7 Å². The molecule has 1 heterocycles. The van der Waals surface area contributed by atoms with Crippen LogP contribution in [0.1, 0.15) is 23.0 Å². The number of aromatic nitrogens is 1. The fraction of sp³-hybridized carbons (Fsp3) is 0.217. The Hall–Kier alpha value is -4.19. The first-order valence-electron chi connectivity index (χ1n) is 10.3. The molecule has 0 saturated heterocycles. The number of ether oxygens (including phenoxy) is 1. The van der Waals surface area contributed by atoms with Crippen molar-refractivity contribution in [3.05, 3.63) is 81.6 Å². The SMILES string of the molecule is Cc1ccc(NC(=O)C(OC(=O)CSCC(=O)Nc2cc(C)on2)c2ccccc2)c([N+](=O)[O-])c1. The molecule has 0 spiro atoms. The number of aryl methyl sites for hydroxylation is 2. The monoisotopic (exact) mass is 498 g/mol.